The van der Waals surface area contributed by atoms with E-state index in [4.69, 9.17) is 12.2 Å². The number of nitrogens with zero attached hydrogens (tertiary/aromatic N) is 1. The minimum atomic E-state index is -4.51. The first-order chi connectivity index (χ1) is 12.7. The molecule has 1 saturated heterocycles. The second-order valence-electron chi connectivity index (χ2n) is 6.62. The first kappa shape index (κ1) is 21.2. The van der Waals surface area contributed by atoms with Gasteiger partial charge in [-0.3, -0.25) is 4.79 Å². The molecule has 0 spiro atoms. The fraction of sp³-hybridized carbons (Fsp3) is 0.444. The molecule has 0 aliphatic carbocycles. The predicted octanol–water partition coefficient (Wildman–Crippen LogP) is 1.30. The Morgan fingerprint density at radius 1 is 1.30 bits per heavy atom. The Bertz CT molecular complexity index is 700. The predicted molar refractivity (Wildman–Crippen MR) is 103 cm³/mol. The molecule has 2 rings (SSSR count). The van der Waals surface area contributed by atoms with Gasteiger partial charge in [-0.25, -0.2) is 0 Å². The van der Waals surface area contributed by atoms with E-state index in [1.807, 2.05) is 11.8 Å². The van der Waals surface area contributed by atoms with Gasteiger partial charge in [0.25, 0.3) is 5.91 Å². The Morgan fingerprint density at radius 2 is 1.93 bits per heavy atom. The quantitative estimate of drug-likeness (QED) is 0.514. The molecule has 1 amide bonds. The zero-order valence-corrected chi connectivity index (χ0v) is 16.0. The summed E-state index contributed by atoms with van der Waals surface area (Å²) in [6.07, 6.45) is -4.51. The third-order valence-corrected chi connectivity index (χ3v) is 4.62. The summed E-state index contributed by atoms with van der Waals surface area (Å²) in [5.41, 5.74) is -0.0669. The fourth-order valence-electron chi connectivity index (χ4n) is 2.80. The lowest BCUT2D eigenvalue weighted by atomic mass is 10.1. The van der Waals surface area contributed by atoms with E-state index in [2.05, 4.69) is 17.2 Å². The van der Waals surface area contributed by atoms with E-state index in [0.29, 0.717) is 37.8 Å². The highest BCUT2D eigenvalue weighted by molar-refractivity contribution is 7.80. The van der Waals surface area contributed by atoms with E-state index in [-0.39, 0.29) is 12.2 Å². The van der Waals surface area contributed by atoms with E-state index < -0.39 is 17.6 Å². The van der Waals surface area contributed by atoms with Crippen LogP contribution in [0.15, 0.2) is 36.4 Å². The van der Waals surface area contributed by atoms with Gasteiger partial charge in [0.1, 0.15) is 0 Å². The highest BCUT2D eigenvalue weighted by atomic mass is 32.1. The molecule has 1 aliphatic rings. The second kappa shape index (κ2) is 9.18. The first-order valence-electron chi connectivity index (χ1n) is 8.63. The van der Waals surface area contributed by atoms with Gasteiger partial charge < -0.3 is 20.4 Å². The van der Waals surface area contributed by atoms with Crippen LogP contribution in [-0.2, 0) is 11.0 Å². The van der Waals surface area contributed by atoms with Crippen LogP contribution >= 0.6 is 12.2 Å². The molecule has 0 saturated carbocycles. The van der Waals surface area contributed by atoms with Crippen LogP contribution in [0, 0.1) is 0 Å². The van der Waals surface area contributed by atoms with Gasteiger partial charge in [-0.05, 0) is 31.3 Å². The van der Waals surface area contributed by atoms with Gasteiger partial charge in [0.05, 0.1) is 37.4 Å². The molecule has 5 nitrogen and oxygen atoms in total. The van der Waals surface area contributed by atoms with Crippen molar-refractivity contribution in [2.45, 2.75) is 13.1 Å². The normalized spacial score (nSPS) is 15.3. The van der Waals surface area contributed by atoms with Gasteiger partial charge in [-0.15, -0.1) is 0 Å². The van der Waals surface area contributed by atoms with Gasteiger partial charge >= 0.3 is 6.18 Å². The van der Waals surface area contributed by atoms with E-state index in [1.165, 1.54) is 18.2 Å². The summed E-state index contributed by atoms with van der Waals surface area (Å²) >= 11 is 5.33. The minimum absolute atomic E-state index is 0.117. The molecule has 1 aliphatic heterocycles. The lowest BCUT2D eigenvalue weighted by molar-refractivity contribution is -0.895. The van der Waals surface area contributed by atoms with Crippen molar-refractivity contribution >= 4 is 28.9 Å². The number of para-hydroxylation sites is 1. The third kappa shape index (κ3) is 6.51. The van der Waals surface area contributed by atoms with Gasteiger partial charge in [0.15, 0.2) is 11.7 Å². The number of benzene rings is 1. The van der Waals surface area contributed by atoms with Crippen molar-refractivity contribution in [1.82, 2.24) is 10.2 Å². The zero-order chi connectivity index (χ0) is 20.0. The van der Waals surface area contributed by atoms with E-state index in [1.54, 1.807) is 0 Å². The Balaban J connectivity index is 1.83. The van der Waals surface area contributed by atoms with E-state index in [9.17, 15) is 18.0 Å². The number of halogens is 3. The van der Waals surface area contributed by atoms with Crippen LogP contribution in [0.3, 0.4) is 0 Å². The topological polar surface area (TPSA) is 48.8 Å². The number of hydrogen-bond acceptors (Lipinski definition) is 2. The molecule has 0 radical (unpaired) electrons. The Labute approximate surface area is 162 Å². The summed E-state index contributed by atoms with van der Waals surface area (Å²) in [5.74, 6) is -0.432. The van der Waals surface area contributed by atoms with Crippen molar-refractivity contribution in [1.29, 1.82) is 0 Å². The standard InChI is InChI=1S/C18H23F3N4OS/c1-13(2)11-22-17(27)25-9-7-24(8-10-25)12-16(26)23-15-6-4-3-5-14(15)18(19,20)21/h3-6H,1,7-12H2,2H3,(H,22,27)(H,23,26)/p+1. The summed E-state index contributed by atoms with van der Waals surface area (Å²) in [4.78, 5) is 15.2. The van der Waals surface area contributed by atoms with Crippen LogP contribution in [0.5, 0.6) is 0 Å². The number of amides is 1. The minimum Gasteiger partial charge on any atom is -0.359 e. The number of thiocarbonyl (C=S) groups is 1. The summed E-state index contributed by atoms with van der Waals surface area (Å²) in [7, 11) is 0. The molecule has 9 heteroatoms. The maximum absolute atomic E-state index is 13.0. The van der Waals surface area contributed by atoms with Crippen molar-refractivity contribution in [3.8, 4) is 0 Å². The number of carbonyl (C=O) groups is 1. The molecule has 0 atom stereocenters. The largest absolute Gasteiger partial charge is 0.418 e. The van der Waals surface area contributed by atoms with Crippen molar-refractivity contribution in [3.05, 3.63) is 42.0 Å². The molecule has 1 aromatic carbocycles. The van der Waals surface area contributed by atoms with Gasteiger partial charge in [-0.1, -0.05) is 24.3 Å². The average Bonchev–Trinajstić information content (AvgIpc) is 2.59. The Morgan fingerprint density at radius 3 is 2.52 bits per heavy atom. The van der Waals surface area contributed by atoms with Crippen LogP contribution in [0.4, 0.5) is 18.9 Å². The monoisotopic (exact) mass is 401 g/mol. The van der Waals surface area contributed by atoms with Crippen molar-refractivity contribution in [3.63, 3.8) is 0 Å². The zero-order valence-electron chi connectivity index (χ0n) is 15.2. The lowest BCUT2D eigenvalue weighted by Gasteiger charge is -2.33. The highest BCUT2D eigenvalue weighted by Crippen LogP contribution is 2.34. The molecule has 148 valence electrons. The van der Waals surface area contributed by atoms with Crippen LogP contribution in [-0.4, -0.2) is 55.2 Å². The fourth-order valence-corrected chi connectivity index (χ4v) is 3.06. The van der Waals surface area contributed by atoms with Gasteiger partial charge in [-0.2, -0.15) is 13.2 Å². The second-order valence-corrected chi connectivity index (χ2v) is 7.01. The molecule has 0 unspecified atom stereocenters. The average molecular weight is 401 g/mol. The molecule has 1 fully saturated rings. The molecule has 3 N–H and O–H groups in total. The summed E-state index contributed by atoms with van der Waals surface area (Å²) in [5, 5.41) is 6.17. The number of rotatable bonds is 5. The number of hydrogen-bond donors (Lipinski definition) is 3. The van der Waals surface area contributed by atoms with Crippen molar-refractivity contribution in [2.24, 2.45) is 0 Å². The van der Waals surface area contributed by atoms with Crippen LogP contribution in [0.25, 0.3) is 0 Å². The maximum atomic E-state index is 13.0. The number of piperazine rings is 1. The first-order valence-corrected chi connectivity index (χ1v) is 9.04. The molecule has 1 aromatic rings. The molecule has 1 heterocycles. The van der Waals surface area contributed by atoms with E-state index in [0.717, 1.165) is 16.5 Å². The smallest absolute Gasteiger partial charge is 0.359 e. The van der Waals surface area contributed by atoms with E-state index >= 15 is 0 Å². The lowest BCUT2D eigenvalue weighted by Crippen LogP contribution is -3.15. The number of quaternary nitrogens is 1. The van der Waals surface area contributed by atoms with Crippen LogP contribution < -0.4 is 15.5 Å². The summed E-state index contributed by atoms with van der Waals surface area (Å²) in [6, 6.07) is 4.99. The van der Waals surface area contributed by atoms with Crippen LogP contribution in [0.2, 0.25) is 0 Å². The Kier molecular flexibility index (Phi) is 7.20. The van der Waals surface area contributed by atoms with Crippen molar-refractivity contribution in [2.75, 3.05) is 44.6 Å². The summed E-state index contributed by atoms with van der Waals surface area (Å²) in [6.45, 7) is 9.19. The molecular weight excluding hydrogens is 377 g/mol. The SMILES string of the molecule is C=C(C)CNC(=S)N1CC[NH+](CC(=O)Nc2ccccc2C(F)(F)F)CC1. The summed E-state index contributed by atoms with van der Waals surface area (Å²) < 4.78 is 39.0. The molecule has 0 bridgehead atoms. The maximum Gasteiger partial charge on any atom is 0.418 e. The number of carbonyl (C=O) groups excluding carboxylic acids is 1. The van der Waals surface area contributed by atoms with Gasteiger partial charge in [0, 0.05) is 6.54 Å². The molecular formula is C18H24F3N4OS+. The molecule has 27 heavy (non-hydrogen) atoms. The van der Waals surface area contributed by atoms with Crippen LogP contribution in [0.1, 0.15) is 12.5 Å². The Hall–Kier alpha value is -2.13. The number of anilines is 1. The van der Waals surface area contributed by atoms with Crippen molar-refractivity contribution < 1.29 is 22.9 Å². The number of alkyl halides is 3. The third-order valence-electron chi connectivity index (χ3n) is 4.22. The highest BCUT2D eigenvalue weighted by Gasteiger charge is 2.34. The van der Waals surface area contributed by atoms with Gasteiger partial charge in [0.2, 0.25) is 0 Å². The number of nitrogens with one attached hydrogen (secondary N) is 3. The molecule has 0 aromatic heterocycles.